The number of nitrogens with zero attached hydrogens (tertiary/aromatic N) is 2. The second kappa shape index (κ2) is 5.50. The van der Waals surface area contributed by atoms with Gasteiger partial charge in [-0.3, -0.25) is 9.59 Å². The summed E-state index contributed by atoms with van der Waals surface area (Å²) in [6.07, 6.45) is 0. The molecule has 1 aliphatic rings. The monoisotopic (exact) mass is 249 g/mol. The zero-order valence-corrected chi connectivity index (χ0v) is 11.1. The predicted molar refractivity (Wildman–Crippen MR) is 64.6 cm³/mol. The molecule has 5 nitrogen and oxygen atoms in total. The first-order chi connectivity index (χ1) is 6.91. The van der Waals surface area contributed by atoms with Crippen LogP contribution in [0.4, 0.5) is 0 Å². The van der Waals surface area contributed by atoms with E-state index in [0.717, 1.165) is 0 Å². The zero-order chi connectivity index (χ0) is 11.6. The SMILES string of the molecule is CNCC(=O)N1CCN(C)C(=O)C1(C)C.Cl. The van der Waals surface area contributed by atoms with Crippen molar-refractivity contribution in [3.05, 3.63) is 0 Å². The van der Waals surface area contributed by atoms with Gasteiger partial charge in [-0.05, 0) is 20.9 Å². The van der Waals surface area contributed by atoms with E-state index in [9.17, 15) is 9.59 Å². The van der Waals surface area contributed by atoms with Gasteiger partial charge in [0, 0.05) is 20.1 Å². The number of hydrogen-bond donors (Lipinski definition) is 1. The third kappa shape index (κ3) is 2.65. The molecule has 2 amide bonds. The first kappa shape index (κ1) is 15.2. The van der Waals surface area contributed by atoms with Crippen molar-refractivity contribution in [1.29, 1.82) is 0 Å². The maximum atomic E-state index is 11.9. The first-order valence-corrected chi connectivity index (χ1v) is 5.12. The van der Waals surface area contributed by atoms with Crippen LogP contribution in [0.15, 0.2) is 0 Å². The van der Waals surface area contributed by atoms with Gasteiger partial charge in [0.2, 0.25) is 11.8 Å². The maximum absolute atomic E-state index is 11.9. The third-order valence-corrected chi connectivity index (χ3v) is 2.83. The van der Waals surface area contributed by atoms with Gasteiger partial charge in [-0.1, -0.05) is 0 Å². The van der Waals surface area contributed by atoms with Crippen LogP contribution in [0.1, 0.15) is 13.8 Å². The Morgan fingerprint density at radius 1 is 1.44 bits per heavy atom. The Hall–Kier alpha value is -0.810. The summed E-state index contributed by atoms with van der Waals surface area (Å²) in [5.41, 5.74) is -0.721. The molecule has 1 fully saturated rings. The van der Waals surface area contributed by atoms with Crippen molar-refractivity contribution in [2.45, 2.75) is 19.4 Å². The number of piperazine rings is 1. The highest BCUT2D eigenvalue weighted by Crippen LogP contribution is 2.21. The smallest absolute Gasteiger partial charge is 0.247 e. The summed E-state index contributed by atoms with van der Waals surface area (Å²) in [4.78, 5) is 27.0. The van der Waals surface area contributed by atoms with Crippen molar-refractivity contribution in [1.82, 2.24) is 15.1 Å². The van der Waals surface area contributed by atoms with Gasteiger partial charge >= 0.3 is 0 Å². The highest BCUT2D eigenvalue weighted by molar-refractivity contribution is 5.92. The standard InChI is InChI=1S/C10H19N3O2.ClH/c1-10(2)9(15)12(4)5-6-13(10)8(14)7-11-3;/h11H,5-7H2,1-4H3;1H. The molecule has 0 bridgehead atoms. The Morgan fingerprint density at radius 3 is 2.50 bits per heavy atom. The van der Waals surface area contributed by atoms with Crippen LogP contribution in [0, 0.1) is 0 Å². The number of likely N-dealkylation sites (N-methyl/N-ethyl adjacent to an activating group) is 2. The number of halogens is 1. The second-order valence-corrected chi connectivity index (χ2v) is 4.36. The highest BCUT2D eigenvalue weighted by atomic mass is 35.5. The zero-order valence-electron chi connectivity index (χ0n) is 10.2. The van der Waals surface area contributed by atoms with Gasteiger partial charge in [0.05, 0.1) is 6.54 Å². The molecule has 0 aromatic heterocycles. The van der Waals surface area contributed by atoms with Crippen LogP contribution >= 0.6 is 12.4 Å². The Morgan fingerprint density at radius 2 is 2.00 bits per heavy atom. The van der Waals surface area contributed by atoms with E-state index in [1.165, 1.54) is 0 Å². The van der Waals surface area contributed by atoms with Crippen molar-refractivity contribution in [2.75, 3.05) is 33.7 Å². The molecule has 1 N–H and O–H groups in total. The van der Waals surface area contributed by atoms with Gasteiger partial charge in [-0.2, -0.15) is 0 Å². The number of carbonyl (C=O) groups is 2. The second-order valence-electron chi connectivity index (χ2n) is 4.36. The van der Waals surface area contributed by atoms with Gasteiger partial charge in [0.15, 0.2) is 0 Å². The summed E-state index contributed by atoms with van der Waals surface area (Å²) in [6, 6.07) is 0. The fourth-order valence-corrected chi connectivity index (χ4v) is 1.90. The molecule has 1 heterocycles. The molecule has 94 valence electrons. The summed E-state index contributed by atoms with van der Waals surface area (Å²) in [5.74, 6) is -0.0258. The molecule has 16 heavy (non-hydrogen) atoms. The van der Waals surface area contributed by atoms with Crippen molar-refractivity contribution in [2.24, 2.45) is 0 Å². The third-order valence-electron chi connectivity index (χ3n) is 2.83. The predicted octanol–water partition coefficient (Wildman–Crippen LogP) is -0.293. The lowest BCUT2D eigenvalue weighted by Gasteiger charge is -2.44. The number of carbonyl (C=O) groups excluding carboxylic acids is 2. The fourth-order valence-electron chi connectivity index (χ4n) is 1.90. The molecule has 0 aliphatic carbocycles. The van der Waals surface area contributed by atoms with Gasteiger partial charge < -0.3 is 15.1 Å². The Kier molecular flexibility index (Phi) is 5.22. The first-order valence-electron chi connectivity index (χ1n) is 5.12. The largest absolute Gasteiger partial charge is 0.342 e. The lowest BCUT2D eigenvalue weighted by molar-refractivity contribution is -0.156. The van der Waals surface area contributed by atoms with Gasteiger partial charge in [-0.15, -0.1) is 12.4 Å². The molecule has 0 radical (unpaired) electrons. The lowest BCUT2D eigenvalue weighted by atomic mass is 9.97. The average molecular weight is 250 g/mol. The summed E-state index contributed by atoms with van der Waals surface area (Å²) in [5, 5.41) is 2.81. The Labute approximate surface area is 103 Å². The van der Waals surface area contributed by atoms with Crippen molar-refractivity contribution >= 4 is 24.2 Å². The minimum absolute atomic E-state index is 0. The molecule has 0 atom stereocenters. The number of rotatable bonds is 2. The van der Waals surface area contributed by atoms with E-state index in [1.54, 1.807) is 37.7 Å². The summed E-state index contributed by atoms with van der Waals surface area (Å²) >= 11 is 0. The van der Waals surface area contributed by atoms with Crippen LogP contribution in [0.2, 0.25) is 0 Å². The van der Waals surface area contributed by atoms with Crippen LogP contribution in [0.25, 0.3) is 0 Å². The Bertz CT molecular complexity index is 281. The van der Waals surface area contributed by atoms with Crippen LogP contribution in [0.5, 0.6) is 0 Å². The lowest BCUT2D eigenvalue weighted by Crippen LogP contribution is -2.64. The topological polar surface area (TPSA) is 52.7 Å². The van der Waals surface area contributed by atoms with E-state index in [2.05, 4.69) is 5.32 Å². The fraction of sp³-hybridized carbons (Fsp3) is 0.800. The Balaban J connectivity index is 0.00000225. The molecule has 0 aromatic rings. The molecular formula is C10H20ClN3O2. The van der Waals surface area contributed by atoms with Gasteiger partial charge in [0.25, 0.3) is 0 Å². The maximum Gasteiger partial charge on any atom is 0.247 e. The average Bonchev–Trinajstić information content (AvgIpc) is 2.14. The minimum atomic E-state index is -0.721. The van der Waals surface area contributed by atoms with E-state index in [-0.39, 0.29) is 30.8 Å². The van der Waals surface area contributed by atoms with Crippen LogP contribution in [0.3, 0.4) is 0 Å². The number of hydrogen-bond acceptors (Lipinski definition) is 3. The van der Waals surface area contributed by atoms with E-state index in [4.69, 9.17) is 0 Å². The van der Waals surface area contributed by atoms with Crippen molar-refractivity contribution in [3.8, 4) is 0 Å². The summed E-state index contributed by atoms with van der Waals surface area (Å²) in [6.45, 7) is 5.07. The highest BCUT2D eigenvalue weighted by Gasteiger charge is 2.42. The molecule has 1 rings (SSSR count). The molecule has 0 saturated carbocycles. The molecule has 1 aliphatic heterocycles. The van der Waals surface area contributed by atoms with E-state index in [1.807, 2.05) is 0 Å². The van der Waals surface area contributed by atoms with Crippen LogP contribution in [-0.2, 0) is 9.59 Å². The molecule has 6 heteroatoms. The number of amides is 2. The molecule has 0 aromatic carbocycles. The summed E-state index contributed by atoms with van der Waals surface area (Å²) in [7, 11) is 3.49. The van der Waals surface area contributed by atoms with E-state index >= 15 is 0 Å². The van der Waals surface area contributed by atoms with Crippen molar-refractivity contribution < 1.29 is 9.59 Å². The molecule has 0 unspecified atom stereocenters. The van der Waals surface area contributed by atoms with Crippen LogP contribution in [-0.4, -0.2) is 60.9 Å². The number of nitrogens with one attached hydrogen (secondary N) is 1. The van der Waals surface area contributed by atoms with E-state index in [0.29, 0.717) is 13.1 Å². The quantitative estimate of drug-likeness (QED) is 0.732. The molecule has 1 saturated heterocycles. The summed E-state index contributed by atoms with van der Waals surface area (Å²) < 4.78 is 0. The van der Waals surface area contributed by atoms with Gasteiger partial charge in [0.1, 0.15) is 5.54 Å². The molecule has 0 spiro atoms. The minimum Gasteiger partial charge on any atom is -0.342 e. The van der Waals surface area contributed by atoms with Gasteiger partial charge in [-0.25, -0.2) is 0 Å². The van der Waals surface area contributed by atoms with E-state index < -0.39 is 5.54 Å². The van der Waals surface area contributed by atoms with Crippen molar-refractivity contribution in [3.63, 3.8) is 0 Å². The normalized spacial score (nSPS) is 19.4. The van der Waals surface area contributed by atoms with Crippen LogP contribution < -0.4 is 5.32 Å². The molecular weight excluding hydrogens is 230 g/mol.